The number of carbonyl (C=O) groups is 1. The molecule has 2 N–H and O–H groups in total. The van der Waals surface area contributed by atoms with Crippen LogP contribution in [-0.4, -0.2) is 50.3 Å². The Labute approximate surface area is 130 Å². The van der Waals surface area contributed by atoms with Crippen LogP contribution in [0.2, 0.25) is 0 Å². The SMILES string of the molecule is COc1ccc2c(c1)N(CCN1CCC(N)CC1)C(=O)OC2. The minimum atomic E-state index is -0.283. The summed E-state index contributed by atoms with van der Waals surface area (Å²) in [6.07, 6.45) is 1.76. The topological polar surface area (TPSA) is 68.0 Å². The average molecular weight is 305 g/mol. The van der Waals surface area contributed by atoms with Gasteiger partial charge in [0, 0.05) is 30.8 Å². The van der Waals surface area contributed by atoms with Crippen molar-refractivity contribution in [1.82, 2.24) is 4.90 Å². The summed E-state index contributed by atoms with van der Waals surface area (Å²) < 4.78 is 10.5. The van der Waals surface area contributed by atoms with Crippen molar-refractivity contribution >= 4 is 11.8 Å². The van der Waals surface area contributed by atoms with Gasteiger partial charge < -0.3 is 20.1 Å². The van der Waals surface area contributed by atoms with Crippen molar-refractivity contribution in [2.45, 2.75) is 25.5 Å². The number of likely N-dealkylation sites (tertiary alicyclic amines) is 1. The standard InChI is InChI=1S/C16H23N3O3/c1-21-14-3-2-12-11-22-16(20)19(15(12)10-14)9-8-18-6-4-13(17)5-7-18/h2-3,10,13H,4-9,11,17H2,1H3. The van der Waals surface area contributed by atoms with Crippen LogP contribution in [0.15, 0.2) is 18.2 Å². The second-order valence-corrected chi connectivity index (χ2v) is 5.88. The summed E-state index contributed by atoms with van der Waals surface area (Å²) in [5, 5.41) is 0. The molecule has 0 bridgehead atoms. The van der Waals surface area contributed by atoms with Gasteiger partial charge in [-0.25, -0.2) is 4.79 Å². The molecule has 6 heteroatoms. The van der Waals surface area contributed by atoms with E-state index in [2.05, 4.69) is 4.90 Å². The smallest absolute Gasteiger partial charge is 0.414 e. The Kier molecular flexibility index (Phi) is 4.49. The molecule has 120 valence electrons. The zero-order chi connectivity index (χ0) is 15.5. The molecule has 2 aliphatic rings. The molecule has 0 unspecified atom stereocenters. The molecule has 22 heavy (non-hydrogen) atoms. The van der Waals surface area contributed by atoms with E-state index in [0.29, 0.717) is 19.2 Å². The lowest BCUT2D eigenvalue weighted by atomic mass is 10.1. The summed E-state index contributed by atoms with van der Waals surface area (Å²) in [7, 11) is 1.63. The van der Waals surface area contributed by atoms with Crippen LogP contribution >= 0.6 is 0 Å². The van der Waals surface area contributed by atoms with E-state index in [-0.39, 0.29) is 6.09 Å². The molecule has 3 rings (SSSR count). The zero-order valence-electron chi connectivity index (χ0n) is 13.0. The predicted octanol–water partition coefficient (Wildman–Crippen LogP) is 1.57. The first kappa shape index (κ1) is 15.1. The van der Waals surface area contributed by atoms with E-state index in [4.69, 9.17) is 15.2 Å². The number of benzene rings is 1. The number of nitrogens with zero attached hydrogens (tertiary/aromatic N) is 2. The van der Waals surface area contributed by atoms with Crippen molar-refractivity contribution in [3.8, 4) is 5.75 Å². The zero-order valence-corrected chi connectivity index (χ0v) is 13.0. The summed E-state index contributed by atoms with van der Waals surface area (Å²) in [5.41, 5.74) is 7.84. The number of amides is 1. The molecule has 0 spiro atoms. The monoisotopic (exact) mass is 305 g/mol. The van der Waals surface area contributed by atoms with E-state index in [1.54, 1.807) is 12.0 Å². The van der Waals surface area contributed by atoms with Crippen LogP contribution in [-0.2, 0) is 11.3 Å². The Morgan fingerprint density at radius 3 is 2.82 bits per heavy atom. The molecule has 1 aromatic carbocycles. The molecule has 2 heterocycles. The highest BCUT2D eigenvalue weighted by Gasteiger charge is 2.27. The van der Waals surface area contributed by atoms with Crippen molar-refractivity contribution < 1.29 is 14.3 Å². The highest BCUT2D eigenvalue weighted by Crippen LogP contribution is 2.30. The van der Waals surface area contributed by atoms with Crippen LogP contribution < -0.4 is 15.4 Å². The maximum atomic E-state index is 12.1. The third kappa shape index (κ3) is 3.18. The molecule has 0 aromatic heterocycles. The molecule has 0 radical (unpaired) electrons. The van der Waals surface area contributed by atoms with Gasteiger partial charge in [-0.15, -0.1) is 0 Å². The second-order valence-electron chi connectivity index (χ2n) is 5.88. The summed E-state index contributed by atoms with van der Waals surface area (Å²) in [6.45, 7) is 3.77. The molecule has 6 nitrogen and oxygen atoms in total. The number of methoxy groups -OCH3 is 1. The first-order chi connectivity index (χ1) is 10.7. The third-order valence-corrected chi connectivity index (χ3v) is 4.43. The van der Waals surface area contributed by atoms with Crippen molar-refractivity contribution in [2.24, 2.45) is 5.73 Å². The summed E-state index contributed by atoms with van der Waals surface area (Å²) in [4.78, 5) is 16.2. The number of carbonyl (C=O) groups excluding carboxylic acids is 1. The molecular formula is C16H23N3O3. The summed E-state index contributed by atoms with van der Waals surface area (Å²) in [6, 6.07) is 6.07. The molecule has 1 aromatic rings. The number of nitrogens with two attached hydrogens (primary N) is 1. The maximum Gasteiger partial charge on any atom is 0.414 e. The number of ether oxygens (including phenoxy) is 2. The van der Waals surface area contributed by atoms with Gasteiger partial charge in [-0.1, -0.05) is 0 Å². The lowest BCUT2D eigenvalue weighted by molar-refractivity contribution is 0.139. The molecule has 1 fully saturated rings. The molecule has 0 saturated carbocycles. The van der Waals surface area contributed by atoms with E-state index in [0.717, 1.165) is 49.5 Å². The van der Waals surface area contributed by atoms with Gasteiger partial charge in [-0.2, -0.15) is 0 Å². The number of hydrogen-bond donors (Lipinski definition) is 1. The Morgan fingerprint density at radius 1 is 1.32 bits per heavy atom. The molecular weight excluding hydrogens is 282 g/mol. The van der Waals surface area contributed by atoms with Gasteiger partial charge in [0.05, 0.1) is 12.8 Å². The first-order valence-corrected chi connectivity index (χ1v) is 7.76. The van der Waals surface area contributed by atoms with Gasteiger partial charge in [0.1, 0.15) is 12.4 Å². The van der Waals surface area contributed by atoms with Crippen molar-refractivity contribution in [3.05, 3.63) is 23.8 Å². The Morgan fingerprint density at radius 2 is 2.09 bits per heavy atom. The average Bonchev–Trinajstić information content (AvgIpc) is 2.55. The highest BCUT2D eigenvalue weighted by atomic mass is 16.6. The van der Waals surface area contributed by atoms with E-state index in [1.807, 2.05) is 18.2 Å². The van der Waals surface area contributed by atoms with Crippen molar-refractivity contribution in [1.29, 1.82) is 0 Å². The van der Waals surface area contributed by atoms with Crippen LogP contribution in [0, 0.1) is 0 Å². The van der Waals surface area contributed by atoms with E-state index < -0.39 is 0 Å². The summed E-state index contributed by atoms with van der Waals surface area (Å²) in [5.74, 6) is 0.752. The van der Waals surface area contributed by atoms with Gasteiger partial charge in [0.15, 0.2) is 0 Å². The predicted molar refractivity (Wildman–Crippen MR) is 84.2 cm³/mol. The number of cyclic esters (lactones) is 1. The minimum Gasteiger partial charge on any atom is -0.497 e. The first-order valence-electron chi connectivity index (χ1n) is 7.76. The maximum absolute atomic E-state index is 12.1. The van der Waals surface area contributed by atoms with Crippen LogP contribution in [0.5, 0.6) is 5.75 Å². The summed E-state index contributed by atoms with van der Waals surface area (Å²) >= 11 is 0. The van der Waals surface area contributed by atoms with Crippen LogP contribution in [0.25, 0.3) is 0 Å². The molecule has 1 amide bonds. The lowest BCUT2D eigenvalue weighted by Crippen LogP contribution is -2.45. The van der Waals surface area contributed by atoms with Crippen LogP contribution in [0.3, 0.4) is 0 Å². The fourth-order valence-corrected chi connectivity index (χ4v) is 2.99. The largest absolute Gasteiger partial charge is 0.497 e. The van der Waals surface area contributed by atoms with Gasteiger partial charge in [-0.05, 0) is 38.1 Å². The Hall–Kier alpha value is -1.79. The number of rotatable bonds is 4. The fraction of sp³-hybridized carbons (Fsp3) is 0.562. The van der Waals surface area contributed by atoms with Crippen molar-refractivity contribution in [2.75, 3.05) is 38.2 Å². The number of anilines is 1. The number of hydrogen-bond acceptors (Lipinski definition) is 5. The normalized spacial score (nSPS) is 19.7. The van der Waals surface area contributed by atoms with Gasteiger partial charge in [0.25, 0.3) is 0 Å². The second kappa shape index (κ2) is 6.54. The minimum absolute atomic E-state index is 0.283. The molecule has 1 saturated heterocycles. The van der Waals surface area contributed by atoms with E-state index in [1.165, 1.54) is 0 Å². The Bertz CT molecular complexity index is 541. The fourth-order valence-electron chi connectivity index (χ4n) is 2.99. The number of fused-ring (bicyclic) bond motifs is 1. The van der Waals surface area contributed by atoms with Gasteiger partial charge >= 0.3 is 6.09 Å². The number of piperidine rings is 1. The quantitative estimate of drug-likeness (QED) is 0.914. The third-order valence-electron chi connectivity index (χ3n) is 4.43. The van der Waals surface area contributed by atoms with Gasteiger partial charge in [0.2, 0.25) is 0 Å². The van der Waals surface area contributed by atoms with Crippen molar-refractivity contribution in [3.63, 3.8) is 0 Å². The van der Waals surface area contributed by atoms with Crippen LogP contribution in [0.1, 0.15) is 18.4 Å². The lowest BCUT2D eigenvalue weighted by Gasteiger charge is -2.34. The molecule has 2 aliphatic heterocycles. The van der Waals surface area contributed by atoms with Crippen LogP contribution in [0.4, 0.5) is 10.5 Å². The van der Waals surface area contributed by atoms with E-state index >= 15 is 0 Å². The molecule has 0 aliphatic carbocycles. The van der Waals surface area contributed by atoms with E-state index in [9.17, 15) is 4.79 Å². The van der Waals surface area contributed by atoms with Gasteiger partial charge in [-0.3, -0.25) is 4.90 Å². The molecule has 0 atom stereocenters. The Balaban J connectivity index is 1.69. The highest BCUT2D eigenvalue weighted by molar-refractivity contribution is 5.90.